The summed E-state index contributed by atoms with van der Waals surface area (Å²) < 4.78 is 0. The molecule has 0 radical (unpaired) electrons. The molecule has 1 unspecified atom stereocenters. The second kappa shape index (κ2) is 5.83. The number of nitrogens with one attached hydrogen (secondary N) is 1. The molecule has 2 fully saturated rings. The zero-order valence-corrected chi connectivity index (χ0v) is 11.1. The quantitative estimate of drug-likeness (QED) is 0.787. The molecule has 0 bridgehead atoms. The Morgan fingerprint density at radius 1 is 1.35 bits per heavy atom. The van der Waals surface area contributed by atoms with E-state index in [2.05, 4.69) is 24.1 Å². The molecule has 4 nitrogen and oxygen atoms in total. The van der Waals surface area contributed by atoms with Gasteiger partial charge in [0.25, 0.3) is 0 Å². The van der Waals surface area contributed by atoms with Crippen molar-refractivity contribution in [3.8, 4) is 0 Å². The van der Waals surface area contributed by atoms with Crippen molar-refractivity contribution >= 4 is 5.91 Å². The first-order valence-electron chi connectivity index (χ1n) is 6.98. The van der Waals surface area contributed by atoms with Crippen LogP contribution in [0.3, 0.4) is 0 Å². The van der Waals surface area contributed by atoms with Crippen LogP contribution in [-0.2, 0) is 4.79 Å². The van der Waals surface area contributed by atoms with Crippen molar-refractivity contribution in [1.29, 1.82) is 0 Å². The third kappa shape index (κ3) is 2.99. The average Bonchev–Trinajstić information content (AvgIpc) is 2.91. The largest absolute Gasteiger partial charge is 0.339 e. The van der Waals surface area contributed by atoms with Gasteiger partial charge in [-0.1, -0.05) is 6.92 Å². The Labute approximate surface area is 104 Å². The second-order valence-corrected chi connectivity index (χ2v) is 5.27. The number of nitrogens with zero attached hydrogens (tertiary/aromatic N) is 2. The number of amides is 1. The van der Waals surface area contributed by atoms with Gasteiger partial charge in [0.05, 0.1) is 6.04 Å². The molecule has 2 rings (SSSR count). The van der Waals surface area contributed by atoms with Gasteiger partial charge in [-0.05, 0) is 32.7 Å². The molecule has 2 saturated heterocycles. The number of hydrogen-bond donors (Lipinski definition) is 1. The minimum atomic E-state index is 0.102. The molecule has 1 N–H and O–H groups in total. The highest BCUT2D eigenvalue weighted by molar-refractivity contribution is 5.82. The van der Waals surface area contributed by atoms with E-state index in [9.17, 15) is 4.79 Å². The van der Waals surface area contributed by atoms with Crippen molar-refractivity contribution in [2.75, 3.05) is 32.7 Å². The van der Waals surface area contributed by atoms with Gasteiger partial charge < -0.3 is 10.2 Å². The van der Waals surface area contributed by atoms with E-state index in [1.165, 1.54) is 6.42 Å². The van der Waals surface area contributed by atoms with E-state index >= 15 is 0 Å². The Bertz CT molecular complexity index is 255. The van der Waals surface area contributed by atoms with Crippen LogP contribution in [0.25, 0.3) is 0 Å². The number of rotatable bonds is 3. The molecule has 98 valence electrons. The van der Waals surface area contributed by atoms with Crippen LogP contribution in [0.1, 0.15) is 33.1 Å². The molecular formula is C13H25N3O. The van der Waals surface area contributed by atoms with Crippen molar-refractivity contribution in [3.05, 3.63) is 0 Å². The van der Waals surface area contributed by atoms with Gasteiger partial charge in [0, 0.05) is 32.2 Å². The van der Waals surface area contributed by atoms with Crippen LogP contribution in [0.15, 0.2) is 0 Å². The lowest BCUT2D eigenvalue weighted by molar-refractivity contribution is -0.135. The van der Waals surface area contributed by atoms with Gasteiger partial charge in [0.2, 0.25) is 5.91 Å². The molecular weight excluding hydrogens is 214 g/mol. The van der Waals surface area contributed by atoms with Crippen molar-refractivity contribution in [3.63, 3.8) is 0 Å². The molecule has 2 aliphatic heterocycles. The van der Waals surface area contributed by atoms with Gasteiger partial charge in [-0.3, -0.25) is 9.69 Å². The standard InChI is InChI=1S/C13H25N3O/c1-3-11(2)15-7-9-16(10-8-15)13(17)12-5-4-6-14-12/h11-12,14H,3-10H2,1-2H3/t11?,12-/m1/s1. The van der Waals surface area contributed by atoms with Crippen LogP contribution < -0.4 is 5.32 Å². The van der Waals surface area contributed by atoms with Gasteiger partial charge in [-0.2, -0.15) is 0 Å². The maximum Gasteiger partial charge on any atom is 0.239 e. The molecule has 1 amide bonds. The van der Waals surface area contributed by atoms with Gasteiger partial charge in [0.1, 0.15) is 0 Å². The van der Waals surface area contributed by atoms with Crippen LogP contribution in [0, 0.1) is 0 Å². The summed E-state index contributed by atoms with van der Waals surface area (Å²) in [6.07, 6.45) is 3.35. The second-order valence-electron chi connectivity index (χ2n) is 5.27. The summed E-state index contributed by atoms with van der Waals surface area (Å²) in [5.41, 5.74) is 0. The first kappa shape index (κ1) is 12.8. The Kier molecular flexibility index (Phi) is 4.40. The van der Waals surface area contributed by atoms with Gasteiger partial charge in [-0.15, -0.1) is 0 Å². The molecule has 0 saturated carbocycles. The van der Waals surface area contributed by atoms with Crippen molar-refractivity contribution < 1.29 is 4.79 Å². The summed E-state index contributed by atoms with van der Waals surface area (Å²) in [7, 11) is 0. The highest BCUT2D eigenvalue weighted by atomic mass is 16.2. The molecule has 0 aromatic rings. The van der Waals surface area contributed by atoms with Crippen LogP contribution in [0.5, 0.6) is 0 Å². The summed E-state index contributed by atoms with van der Waals surface area (Å²) in [4.78, 5) is 16.7. The Morgan fingerprint density at radius 3 is 2.59 bits per heavy atom. The van der Waals surface area contributed by atoms with Crippen LogP contribution in [0.4, 0.5) is 0 Å². The van der Waals surface area contributed by atoms with E-state index < -0.39 is 0 Å². The molecule has 4 heteroatoms. The fourth-order valence-electron chi connectivity index (χ4n) is 2.76. The summed E-state index contributed by atoms with van der Waals surface area (Å²) in [6, 6.07) is 0.752. The van der Waals surface area contributed by atoms with E-state index in [4.69, 9.17) is 0 Å². The fraction of sp³-hybridized carbons (Fsp3) is 0.923. The average molecular weight is 239 g/mol. The van der Waals surface area contributed by atoms with E-state index in [-0.39, 0.29) is 6.04 Å². The molecule has 0 spiro atoms. The molecule has 17 heavy (non-hydrogen) atoms. The normalized spacial score (nSPS) is 28.4. The summed E-state index contributed by atoms with van der Waals surface area (Å²) >= 11 is 0. The van der Waals surface area contributed by atoms with Crippen molar-refractivity contribution in [2.24, 2.45) is 0 Å². The Balaban J connectivity index is 1.80. The maximum absolute atomic E-state index is 12.2. The van der Waals surface area contributed by atoms with Gasteiger partial charge in [-0.25, -0.2) is 0 Å². The minimum Gasteiger partial charge on any atom is -0.339 e. The van der Waals surface area contributed by atoms with Gasteiger partial charge >= 0.3 is 0 Å². The monoisotopic (exact) mass is 239 g/mol. The third-order valence-electron chi connectivity index (χ3n) is 4.20. The first-order valence-corrected chi connectivity index (χ1v) is 6.98. The van der Waals surface area contributed by atoms with Crippen molar-refractivity contribution in [2.45, 2.75) is 45.2 Å². The SMILES string of the molecule is CCC(C)N1CCN(C(=O)[C@H]2CCCN2)CC1. The molecule has 2 atom stereocenters. The summed E-state index contributed by atoms with van der Waals surface area (Å²) in [6.45, 7) is 9.38. The topological polar surface area (TPSA) is 35.6 Å². The molecule has 0 aromatic carbocycles. The lowest BCUT2D eigenvalue weighted by Crippen LogP contribution is -2.54. The van der Waals surface area contributed by atoms with Crippen LogP contribution in [-0.4, -0.2) is 60.5 Å². The lowest BCUT2D eigenvalue weighted by Gasteiger charge is -2.38. The summed E-state index contributed by atoms with van der Waals surface area (Å²) in [5, 5.41) is 3.29. The number of carbonyl (C=O) groups is 1. The van der Waals surface area contributed by atoms with Crippen molar-refractivity contribution in [1.82, 2.24) is 15.1 Å². The van der Waals surface area contributed by atoms with Gasteiger partial charge in [0.15, 0.2) is 0 Å². The first-order chi connectivity index (χ1) is 8.22. The van der Waals surface area contributed by atoms with E-state index in [1.807, 2.05) is 4.90 Å². The fourth-order valence-corrected chi connectivity index (χ4v) is 2.76. The molecule has 2 aliphatic rings. The molecule has 2 heterocycles. The molecule has 0 aliphatic carbocycles. The van der Waals surface area contributed by atoms with E-state index in [0.717, 1.165) is 45.6 Å². The molecule has 0 aromatic heterocycles. The van der Waals surface area contributed by atoms with Crippen LogP contribution >= 0.6 is 0 Å². The van der Waals surface area contributed by atoms with Crippen LogP contribution in [0.2, 0.25) is 0 Å². The highest BCUT2D eigenvalue weighted by Crippen LogP contribution is 2.13. The lowest BCUT2D eigenvalue weighted by atomic mass is 10.1. The van der Waals surface area contributed by atoms with E-state index in [1.54, 1.807) is 0 Å². The number of carbonyl (C=O) groups excluding carboxylic acids is 1. The highest BCUT2D eigenvalue weighted by Gasteiger charge is 2.29. The maximum atomic E-state index is 12.2. The summed E-state index contributed by atoms with van der Waals surface area (Å²) in [5.74, 6) is 0.325. The zero-order valence-electron chi connectivity index (χ0n) is 11.1. The Morgan fingerprint density at radius 2 is 2.06 bits per heavy atom. The number of piperazine rings is 1. The zero-order chi connectivity index (χ0) is 12.3. The number of hydrogen-bond acceptors (Lipinski definition) is 3. The smallest absolute Gasteiger partial charge is 0.239 e. The minimum absolute atomic E-state index is 0.102. The van der Waals surface area contributed by atoms with E-state index in [0.29, 0.717) is 11.9 Å². The predicted octanol–water partition coefficient (Wildman–Crippen LogP) is 0.681. The Hall–Kier alpha value is -0.610. The predicted molar refractivity (Wildman–Crippen MR) is 68.9 cm³/mol. The third-order valence-corrected chi connectivity index (χ3v) is 4.20.